The van der Waals surface area contributed by atoms with Crippen molar-refractivity contribution >= 4 is 11.9 Å². The molecule has 0 radical (unpaired) electrons. The Morgan fingerprint density at radius 1 is 0.917 bits per heavy atom. The first-order chi connectivity index (χ1) is 11.6. The second-order valence-electron chi connectivity index (χ2n) is 5.65. The average molecular weight is 319 g/mol. The lowest BCUT2D eigenvalue weighted by molar-refractivity contribution is -0.149. The predicted octanol–water partition coefficient (Wildman–Crippen LogP) is 2.49. The Bertz CT molecular complexity index is 845. The molecule has 2 aromatic carbocycles. The SMILES string of the molecule is CN1Cc2ccccc2C#Cc2ccccc2COC(=O)CC1=O. The van der Waals surface area contributed by atoms with Crippen molar-refractivity contribution in [2.75, 3.05) is 7.05 Å². The van der Waals surface area contributed by atoms with Crippen LogP contribution in [0.4, 0.5) is 0 Å². The van der Waals surface area contributed by atoms with E-state index in [0.29, 0.717) is 6.54 Å². The summed E-state index contributed by atoms with van der Waals surface area (Å²) in [5.74, 6) is 5.54. The lowest BCUT2D eigenvalue weighted by atomic mass is 10.1. The van der Waals surface area contributed by atoms with Crippen LogP contribution in [-0.2, 0) is 27.5 Å². The molecule has 0 atom stereocenters. The van der Waals surface area contributed by atoms with E-state index in [1.54, 1.807) is 7.05 Å². The summed E-state index contributed by atoms with van der Waals surface area (Å²) in [7, 11) is 1.67. The lowest BCUT2D eigenvalue weighted by Gasteiger charge is -2.17. The van der Waals surface area contributed by atoms with Crippen LogP contribution in [0.2, 0.25) is 0 Å². The largest absolute Gasteiger partial charge is 0.460 e. The molecule has 2 aromatic rings. The van der Waals surface area contributed by atoms with Crippen LogP contribution < -0.4 is 0 Å². The Hall–Kier alpha value is -3.06. The van der Waals surface area contributed by atoms with E-state index in [4.69, 9.17) is 4.74 Å². The number of benzene rings is 2. The maximum atomic E-state index is 12.2. The number of esters is 1. The molecule has 120 valence electrons. The molecule has 4 heteroatoms. The fourth-order valence-corrected chi connectivity index (χ4v) is 2.49. The van der Waals surface area contributed by atoms with E-state index in [-0.39, 0.29) is 18.9 Å². The number of cyclic esters (lactones) is 1. The molecule has 1 aliphatic rings. The van der Waals surface area contributed by atoms with Crippen molar-refractivity contribution < 1.29 is 14.3 Å². The highest BCUT2D eigenvalue weighted by atomic mass is 16.5. The van der Waals surface area contributed by atoms with Crippen LogP contribution in [0.5, 0.6) is 0 Å². The summed E-state index contributed by atoms with van der Waals surface area (Å²) in [4.78, 5) is 25.6. The highest BCUT2D eigenvalue weighted by Gasteiger charge is 2.17. The summed E-state index contributed by atoms with van der Waals surface area (Å²) < 4.78 is 5.22. The number of ether oxygens (including phenoxy) is 1. The third-order valence-corrected chi connectivity index (χ3v) is 3.88. The Kier molecular flexibility index (Phi) is 4.62. The summed E-state index contributed by atoms with van der Waals surface area (Å²) in [6.07, 6.45) is -0.262. The minimum atomic E-state index is -0.526. The zero-order valence-corrected chi connectivity index (χ0v) is 13.4. The van der Waals surface area contributed by atoms with Crippen molar-refractivity contribution in [2.24, 2.45) is 0 Å². The minimum absolute atomic E-state index is 0.113. The van der Waals surface area contributed by atoms with Crippen LogP contribution in [0, 0.1) is 11.8 Å². The summed E-state index contributed by atoms with van der Waals surface area (Å²) in [5.41, 5.74) is 3.47. The second-order valence-corrected chi connectivity index (χ2v) is 5.65. The standard InChI is InChI=1S/C20H17NO3/c1-21-13-17-8-4-2-6-15(17)10-11-16-7-3-5-9-18(16)14-24-20(23)12-19(21)22/h2-9H,12-14H2,1H3. The van der Waals surface area contributed by atoms with Gasteiger partial charge in [0.15, 0.2) is 0 Å². The van der Waals surface area contributed by atoms with Crippen LogP contribution in [0.25, 0.3) is 0 Å². The van der Waals surface area contributed by atoms with Crippen molar-refractivity contribution in [1.29, 1.82) is 0 Å². The van der Waals surface area contributed by atoms with Gasteiger partial charge in [-0.05, 0) is 17.7 Å². The first-order valence-electron chi connectivity index (χ1n) is 7.71. The molecule has 0 spiro atoms. The molecule has 0 aromatic heterocycles. The van der Waals surface area contributed by atoms with Crippen LogP contribution in [0.3, 0.4) is 0 Å². The number of carbonyl (C=O) groups is 2. The average Bonchev–Trinajstić information content (AvgIpc) is 2.59. The van der Waals surface area contributed by atoms with Crippen LogP contribution in [0.15, 0.2) is 48.5 Å². The van der Waals surface area contributed by atoms with Crippen molar-refractivity contribution in [3.05, 3.63) is 70.8 Å². The second kappa shape index (κ2) is 7.01. The fourth-order valence-electron chi connectivity index (χ4n) is 2.49. The third-order valence-electron chi connectivity index (χ3n) is 3.88. The van der Waals surface area contributed by atoms with E-state index < -0.39 is 5.97 Å². The lowest BCUT2D eigenvalue weighted by Crippen LogP contribution is -2.29. The summed E-state index contributed by atoms with van der Waals surface area (Å²) in [5, 5.41) is 0. The van der Waals surface area contributed by atoms with Gasteiger partial charge in [0.1, 0.15) is 13.0 Å². The predicted molar refractivity (Wildman–Crippen MR) is 89.8 cm³/mol. The molecule has 1 amide bonds. The molecule has 0 aliphatic carbocycles. The zero-order chi connectivity index (χ0) is 16.9. The molecule has 1 aliphatic heterocycles. The number of hydrogen-bond acceptors (Lipinski definition) is 3. The monoisotopic (exact) mass is 319 g/mol. The topological polar surface area (TPSA) is 46.6 Å². The summed E-state index contributed by atoms with van der Waals surface area (Å²) >= 11 is 0. The van der Waals surface area contributed by atoms with Gasteiger partial charge in [-0.1, -0.05) is 48.2 Å². The molecule has 24 heavy (non-hydrogen) atoms. The van der Waals surface area contributed by atoms with Crippen molar-refractivity contribution in [3.8, 4) is 11.8 Å². The van der Waals surface area contributed by atoms with Gasteiger partial charge in [-0.15, -0.1) is 0 Å². The van der Waals surface area contributed by atoms with Gasteiger partial charge in [0.05, 0.1) is 0 Å². The van der Waals surface area contributed by atoms with Gasteiger partial charge < -0.3 is 9.64 Å². The van der Waals surface area contributed by atoms with E-state index in [2.05, 4.69) is 11.8 Å². The molecule has 0 fully saturated rings. The van der Waals surface area contributed by atoms with Gasteiger partial charge in [0.25, 0.3) is 0 Å². The van der Waals surface area contributed by atoms with Gasteiger partial charge in [0, 0.05) is 30.3 Å². The van der Waals surface area contributed by atoms with E-state index in [9.17, 15) is 9.59 Å². The highest BCUT2D eigenvalue weighted by Crippen LogP contribution is 2.14. The molecule has 0 unspecified atom stereocenters. The van der Waals surface area contributed by atoms with Crippen LogP contribution >= 0.6 is 0 Å². The molecule has 4 nitrogen and oxygen atoms in total. The quantitative estimate of drug-likeness (QED) is 0.426. The Morgan fingerprint density at radius 3 is 2.21 bits per heavy atom. The van der Waals surface area contributed by atoms with E-state index >= 15 is 0 Å². The zero-order valence-electron chi connectivity index (χ0n) is 13.4. The molecule has 3 rings (SSSR count). The molecule has 0 bridgehead atoms. The van der Waals surface area contributed by atoms with E-state index in [1.807, 2.05) is 48.5 Å². The van der Waals surface area contributed by atoms with Gasteiger partial charge in [-0.3, -0.25) is 9.59 Å². The number of hydrogen-bond donors (Lipinski definition) is 0. The number of amides is 1. The number of rotatable bonds is 0. The Balaban J connectivity index is 2.05. The maximum absolute atomic E-state index is 12.2. The van der Waals surface area contributed by atoms with E-state index in [0.717, 1.165) is 22.3 Å². The minimum Gasteiger partial charge on any atom is -0.460 e. The Labute approximate surface area is 141 Å². The molecular weight excluding hydrogens is 302 g/mol. The van der Waals surface area contributed by atoms with Gasteiger partial charge in [0.2, 0.25) is 5.91 Å². The van der Waals surface area contributed by atoms with Crippen molar-refractivity contribution in [3.63, 3.8) is 0 Å². The normalized spacial score (nSPS) is 14.8. The van der Waals surface area contributed by atoms with Crippen LogP contribution in [0.1, 0.15) is 28.7 Å². The first-order valence-corrected chi connectivity index (χ1v) is 7.71. The van der Waals surface area contributed by atoms with Crippen LogP contribution in [-0.4, -0.2) is 23.8 Å². The summed E-state index contributed by atoms with van der Waals surface area (Å²) in [6.45, 7) is 0.515. The van der Waals surface area contributed by atoms with E-state index in [1.165, 1.54) is 4.90 Å². The molecule has 0 N–H and O–H groups in total. The first kappa shape index (κ1) is 15.8. The highest BCUT2D eigenvalue weighted by molar-refractivity contribution is 5.94. The number of nitrogens with zero attached hydrogens (tertiary/aromatic N) is 1. The maximum Gasteiger partial charge on any atom is 0.315 e. The molecule has 1 heterocycles. The van der Waals surface area contributed by atoms with Gasteiger partial charge in [-0.2, -0.15) is 0 Å². The van der Waals surface area contributed by atoms with Gasteiger partial charge >= 0.3 is 5.97 Å². The van der Waals surface area contributed by atoms with Crippen molar-refractivity contribution in [1.82, 2.24) is 4.90 Å². The molecular formula is C20H17NO3. The smallest absolute Gasteiger partial charge is 0.315 e. The van der Waals surface area contributed by atoms with Crippen molar-refractivity contribution in [2.45, 2.75) is 19.6 Å². The Morgan fingerprint density at radius 2 is 1.50 bits per heavy atom. The third kappa shape index (κ3) is 3.64. The number of carbonyl (C=O) groups excluding carboxylic acids is 2. The molecule has 0 saturated carbocycles. The fraction of sp³-hybridized carbons (Fsp3) is 0.200. The number of fused-ring (bicyclic) bond motifs is 2. The summed E-state index contributed by atoms with van der Waals surface area (Å²) in [6, 6.07) is 15.3. The van der Waals surface area contributed by atoms with Gasteiger partial charge in [-0.25, -0.2) is 0 Å². The molecule has 0 saturated heterocycles.